The van der Waals surface area contributed by atoms with E-state index in [2.05, 4.69) is 37.3 Å². The van der Waals surface area contributed by atoms with Gasteiger partial charge in [-0.3, -0.25) is 0 Å². The lowest BCUT2D eigenvalue weighted by atomic mass is 9.68. The molecule has 1 aromatic carbocycles. The molecule has 0 heterocycles. The molecule has 0 spiro atoms. The first kappa shape index (κ1) is 16.5. The van der Waals surface area contributed by atoms with Gasteiger partial charge >= 0.3 is 0 Å². The minimum Gasteiger partial charge on any atom is -0.325 e. The highest BCUT2D eigenvalue weighted by atomic mass is 14.8. The Morgan fingerprint density at radius 2 is 1.71 bits per heavy atom. The number of hydrogen-bond donors (Lipinski definition) is 1. The van der Waals surface area contributed by atoms with E-state index in [4.69, 9.17) is 5.73 Å². The van der Waals surface area contributed by atoms with Crippen molar-refractivity contribution in [3.05, 3.63) is 35.9 Å². The van der Waals surface area contributed by atoms with Gasteiger partial charge in [0.05, 0.1) is 0 Å². The van der Waals surface area contributed by atoms with E-state index in [-0.39, 0.29) is 5.54 Å². The molecule has 1 fully saturated rings. The molecule has 0 aromatic heterocycles. The van der Waals surface area contributed by atoms with Crippen molar-refractivity contribution in [2.45, 2.75) is 89.0 Å². The first-order valence-electron chi connectivity index (χ1n) is 9.10. The summed E-state index contributed by atoms with van der Waals surface area (Å²) in [7, 11) is 0. The van der Waals surface area contributed by atoms with Crippen molar-refractivity contribution in [3.8, 4) is 0 Å². The van der Waals surface area contributed by atoms with Crippen molar-refractivity contribution in [2.24, 2.45) is 5.73 Å². The first-order chi connectivity index (χ1) is 10.3. The maximum atomic E-state index is 6.88. The van der Waals surface area contributed by atoms with Crippen molar-refractivity contribution >= 4 is 0 Å². The van der Waals surface area contributed by atoms with Crippen LogP contribution in [0.3, 0.4) is 0 Å². The second kappa shape index (κ2) is 8.58. The van der Waals surface area contributed by atoms with Crippen LogP contribution in [0.25, 0.3) is 0 Å². The number of nitrogens with two attached hydrogens (primary N) is 1. The van der Waals surface area contributed by atoms with E-state index in [1.807, 2.05) is 0 Å². The van der Waals surface area contributed by atoms with Gasteiger partial charge in [-0.15, -0.1) is 0 Å². The molecule has 1 aliphatic carbocycles. The maximum Gasteiger partial charge on any atom is 0.0223 e. The van der Waals surface area contributed by atoms with Crippen LogP contribution in [0, 0.1) is 0 Å². The minimum atomic E-state index is 0.0460. The Labute approximate surface area is 131 Å². The lowest BCUT2D eigenvalue weighted by Crippen LogP contribution is -2.47. The second-order valence-electron chi connectivity index (χ2n) is 6.96. The number of benzene rings is 1. The summed E-state index contributed by atoms with van der Waals surface area (Å²) < 4.78 is 0. The molecule has 21 heavy (non-hydrogen) atoms. The molecule has 1 heteroatoms. The second-order valence-corrected chi connectivity index (χ2v) is 6.96. The maximum absolute atomic E-state index is 6.88. The van der Waals surface area contributed by atoms with Gasteiger partial charge in [-0.2, -0.15) is 0 Å². The van der Waals surface area contributed by atoms with E-state index >= 15 is 0 Å². The summed E-state index contributed by atoms with van der Waals surface area (Å²) in [6.07, 6.45) is 14.5. The van der Waals surface area contributed by atoms with Crippen LogP contribution in [0.15, 0.2) is 30.3 Å². The van der Waals surface area contributed by atoms with Crippen LogP contribution in [0.1, 0.15) is 89.0 Å². The molecule has 0 aliphatic heterocycles. The molecule has 2 atom stereocenters. The number of hydrogen-bond acceptors (Lipinski definition) is 1. The first-order valence-corrected chi connectivity index (χ1v) is 9.10. The third-order valence-electron chi connectivity index (χ3n) is 5.28. The Hall–Kier alpha value is -0.820. The van der Waals surface area contributed by atoms with Crippen LogP contribution in [-0.4, -0.2) is 5.54 Å². The Kier molecular flexibility index (Phi) is 6.76. The molecule has 1 aromatic rings. The SMILES string of the molecule is CCCCCCCCC1(N)CCCCC1c1ccccc1. The number of unbranched alkanes of at least 4 members (excludes halogenated alkanes) is 5. The van der Waals surface area contributed by atoms with E-state index in [1.54, 1.807) is 0 Å². The van der Waals surface area contributed by atoms with E-state index < -0.39 is 0 Å². The highest BCUT2D eigenvalue weighted by Gasteiger charge is 2.37. The lowest BCUT2D eigenvalue weighted by molar-refractivity contribution is 0.229. The van der Waals surface area contributed by atoms with E-state index in [1.165, 1.54) is 76.2 Å². The largest absolute Gasteiger partial charge is 0.325 e. The third-order valence-corrected chi connectivity index (χ3v) is 5.28. The molecule has 0 bridgehead atoms. The lowest BCUT2D eigenvalue weighted by Gasteiger charge is -2.42. The average Bonchev–Trinajstić information content (AvgIpc) is 2.52. The fourth-order valence-corrected chi connectivity index (χ4v) is 3.98. The standard InChI is InChI=1S/C20H33N/c1-2-3-4-5-6-11-16-20(21)17-12-10-15-19(20)18-13-8-7-9-14-18/h7-9,13-14,19H,2-6,10-12,15-17,21H2,1H3. The van der Waals surface area contributed by atoms with Gasteiger partial charge in [0.25, 0.3) is 0 Å². The van der Waals surface area contributed by atoms with E-state index in [9.17, 15) is 0 Å². The summed E-state index contributed by atoms with van der Waals surface area (Å²) in [6, 6.07) is 11.0. The normalized spacial score (nSPS) is 25.9. The molecule has 1 aliphatic rings. The van der Waals surface area contributed by atoms with Gasteiger partial charge in [-0.05, 0) is 24.8 Å². The highest BCUT2D eigenvalue weighted by molar-refractivity contribution is 5.24. The molecule has 2 unspecified atom stereocenters. The zero-order valence-electron chi connectivity index (χ0n) is 13.8. The predicted molar refractivity (Wildman–Crippen MR) is 92.6 cm³/mol. The fourth-order valence-electron chi connectivity index (χ4n) is 3.98. The van der Waals surface area contributed by atoms with E-state index in [0.717, 1.165) is 0 Å². The molecule has 2 rings (SSSR count). The molecule has 2 N–H and O–H groups in total. The molecule has 118 valence electrons. The molecule has 0 amide bonds. The molecule has 0 saturated heterocycles. The Morgan fingerprint density at radius 1 is 1.00 bits per heavy atom. The Morgan fingerprint density at radius 3 is 2.48 bits per heavy atom. The van der Waals surface area contributed by atoms with E-state index in [0.29, 0.717) is 5.92 Å². The van der Waals surface area contributed by atoms with Crippen molar-refractivity contribution in [1.82, 2.24) is 0 Å². The van der Waals surface area contributed by atoms with Gasteiger partial charge in [0, 0.05) is 11.5 Å². The third kappa shape index (κ3) is 4.85. The molecule has 1 saturated carbocycles. The summed E-state index contributed by atoms with van der Waals surface area (Å²) in [6.45, 7) is 2.28. The molecule has 0 radical (unpaired) electrons. The van der Waals surface area contributed by atoms with Crippen molar-refractivity contribution < 1.29 is 0 Å². The van der Waals surface area contributed by atoms with Crippen LogP contribution in [0.2, 0.25) is 0 Å². The fraction of sp³-hybridized carbons (Fsp3) is 0.700. The van der Waals surface area contributed by atoms with Crippen LogP contribution < -0.4 is 5.73 Å². The summed E-state index contributed by atoms with van der Waals surface area (Å²) >= 11 is 0. The van der Waals surface area contributed by atoms with Crippen molar-refractivity contribution in [3.63, 3.8) is 0 Å². The minimum absolute atomic E-state index is 0.0460. The van der Waals surface area contributed by atoms with Crippen molar-refractivity contribution in [2.75, 3.05) is 0 Å². The predicted octanol–water partition coefficient (Wildman–Crippen LogP) is 5.79. The van der Waals surface area contributed by atoms with Gasteiger partial charge in [0.2, 0.25) is 0 Å². The average molecular weight is 287 g/mol. The van der Waals surface area contributed by atoms with Gasteiger partial charge in [-0.25, -0.2) is 0 Å². The zero-order chi connectivity index (χ0) is 15.0. The summed E-state index contributed by atoms with van der Waals surface area (Å²) in [5, 5.41) is 0. The van der Waals surface area contributed by atoms with Gasteiger partial charge in [0.1, 0.15) is 0 Å². The van der Waals surface area contributed by atoms with Gasteiger partial charge in [0.15, 0.2) is 0 Å². The molecular weight excluding hydrogens is 254 g/mol. The van der Waals surface area contributed by atoms with Gasteiger partial charge < -0.3 is 5.73 Å². The molecule has 1 nitrogen and oxygen atoms in total. The topological polar surface area (TPSA) is 26.0 Å². The van der Waals surface area contributed by atoms with Crippen molar-refractivity contribution in [1.29, 1.82) is 0 Å². The molecular formula is C20H33N. The summed E-state index contributed by atoms with van der Waals surface area (Å²) in [5.74, 6) is 0.572. The summed E-state index contributed by atoms with van der Waals surface area (Å²) in [5.41, 5.74) is 8.39. The van der Waals surface area contributed by atoms with Crippen LogP contribution >= 0.6 is 0 Å². The van der Waals surface area contributed by atoms with Crippen LogP contribution in [0.4, 0.5) is 0 Å². The van der Waals surface area contributed by atoms with Crippen LogP contribution in [0.5, 0.6) is 0 Å². The Bertz CT molecular complexity index is 386. The number of rotatable bonds is 8. The quantitative estimate of drug-likeness (QED) is 0.601. The van der Waals surface area contributed by atoms with Gasteiger partial charge in [-0.1, -0.05) is 88.6 Å². The van der Waals surface area contributed by atoms with Crippen LogP contribution in [-0.2, 0) is 0 Å². The zero-order valence-corrected chi connectivity index (χ0v) is 13.8. The summed E-state index contributed by atoms with van der Waals surface area (Å²) in [4.78, 5) is 0. The Balaban J connectivity index is 1.87. The monoisotopic (exact) mass is 287 g/mol. The smallest absolute Gasteiger partial charge is 0.0223 e. The highest BCUT2D eigenvalue weighted by Crippen LogP contribution is 2.42.